The summed E-state index contributed by atoms with van der Waals surface area (Å²) in [6, 6.07) is 18.5. The number of hydrogen-bond acceptors (Lipinski definition) is 4. The number of piperidine rings is 1. The number of likely N-dealkylation sites (tertiary alicyclic amines) is 1. The van der Waals surface area contributed by atoms with Crippen LogP contribution in [-0.4, -0.2) is 35.1 Å². The van der Waals surface area contributed by atoms with Gasteiger partial charge in [-0.05, 0) is 32.3 Å². The first-order valence-electron chi connectivity index (χ1n) is 10.2. The van der Waals surface area contributed by atoms with Crippen LogP contribution in [0, 0.1) is 13.8 Å². The van der Waals surface area contributed by atoms with Gasteiger partial charge in [-0.1, -0.05) is 65.3 Å². The number of benzene rings is 2. The van der Waals surface area contributed by atoms with Crippen molar-refractivity contribution in [2.75, 3.05) is 13.1 Å². The van der Waals surface area contributed by atoms with E-state index in [2.05, 4.69) is 46.6 Å². The maximum absolute atomic E-state index is 13.0. The van der Waals surface area contributed by atoms with E-state index in [4.69, 9.17) is 4.52 Å². The lowest BCUT2D eigenvalue weighted by atomic mass is 10.0. The van der Waals surface area contributed by atoms with E-state index in [1.165, 1.54) is 11.1 Å². The molecule has 0 unspecified atom stereocenters. The number of carbonyl (C=O) groups excluding carboxylic acids is 1. The highest BCUT2D eigenvalue weighted by Crippen LogP contribution is 2.25. The fraction of sp³-hybridized carbons (Fsp3) is 0.333. The van der Waals surface area contributed by atoms with Crippen molar-refractivity contribution in [1.29, 1.82) is 0 Å². The van der Waals surface area contributed by atoms with Crippen molar-refractivity contribution >= 4 is 5.91 Å². The van der Waals surface area contributed by atoms with Crippen LogP contribution in [0.25, 0.3) is 11.3 Å². The molecular weight excluding hydrogens is 362 g/mol. The van der Waals surface area contributed by atoms with Crippen LogP contribution in [0.5, 0.6) is 0 Å². The summed E-state index contributed by atoms with van der Waals surface area (Å²) in [5.41, 5.74) is 4.68. The van der Waals surface area contributed by atoms with Crippen LogP contribution in [0.2, 0.25) is 0 Å². The summed E-state index contributed by atoms with van der Waals surface area (Å²) in [5, 5.41) is 7.32. The minimum absolute atomic E-state index is 0.0975. The molecule has 4 rings (SSSR count). The van der Waals surface area contributed by atoms with Gasteiger partial charge in [-0.25, -0.2) is 0 Å². The largest absolute Gasteiger partial charge is 0.360 e. The Labute approximate surface area is 171 Å². The molecule has 1 aliphatic heterocycles. The monoisotopic (exact) mass is 389 g/mol. The summed E-state index contributed by atoms with van der Waals surface area (Å²) in [6.45, 7) is 6.84. The van der Waals surface area contributed by atoms with Gasteiger partial charge in [0.2, 0.25) is 0 Å². The molecule has 0 radical (unpaired) electrons. The third-order valence-electron chi connectivity index (χ3n) is 5.55. The van der Waals surface area contributed by atoms with Gasteiger partial charge in [0.05, 0.1) is 0 Å². The second kappa shape index (κ2) is 8.62. The molecular formula is C24H27N3O2. The highest BCUT2D eigenvalue weighted by atomic mass is 16.5. The highest BCUT2D eigenvalue weighted by Gasteiger charge is 2.26. The Hall–Kier alpha value is -2.92. The number of rotatable bonds is 5. The van der Waals surface area contributed by atoms with Crippen LogP contribution in [0.4, 0.5) is 0 Å². The SMILES string of the molecule is Cc1cccc(CN2CCC(NC(=O)c3c(-c4ccccc4)noc3C)CC2)c1. The highest BCUT2D eigenvalue weighted by molar-refractivity contribution is 6.00. The Kier molecular flexibility index (Phi) is 5.76. The summed E-state index contributed by atoms with van der Waals surface area (Å²) in [4.78, 5) is 15.4. The molecule has 0 bridgehead atoms. The zero-order chi connectivity index (χ0) is 20.2. The number of hydrogen-bond donors (Lipinski definition) is 1. The van der Waals surface area contributed by atoms with E-state index in [9.17, 15) is 4.79 Å². The zero-order valence-electron chi connectivity index (χ0n) is 17.0. The molecule has 29 heavy (non-hydrogen) atoms. The van der Waals surface area contributed by atoms with Crippen molar-refractivity contribution in [1.82, 2.24) is 15.4 Å². The molecule has 0 aliphatic carbocycles. The molecule has 2 heterocycles. The molecule has 1 aliphatic rings. The van der Waals surface area contributed by atoms with E-state index in [1.807, 2.05) is 30.3 Å². The van der Waals surface area contributed by atoms with Crippen LogP contribution < -0.4 is 5.32 Å². The smallest absolute Gasteiger partial charge is 0.257 e. The predicted octanol–water partition coefficient (Wildman–Crippen LogP) is 4.35. The average Bonchev–Trinajstić information content (AvgIpc) is 3.12. The van der Waals surface area contributed by atoms with Crippen molar-refractivity contribution in [2.45, 2.75) is 39.3 Å². The van der Waals surface area contributed by atoms with Crippen molar-refractivity contribution < 1.29 is 9.32 Å². The minimum atomic E-state index is -0.0975. The van der Waals surface area contributed by atoms with E-state index in [0.717, 1.165) is 38.0 Å². The summed E-state index contributed by atoms with van der Waals surface area (Å²) in [5.74, 6) is 0.456. The van der Waals surface area contributed by atoms with Gasteiger partial charge in [0, 0.05) is 31.2 Å². The summed E-state index contributed by atoms with van der Waals surface area (Å²) in [7, 11) is 0. The molecule has 150 valence electrons. The zero-order valence-corrected chi connectivity index (χ0v) is 17.0. The summed E-state index contributed by atoms with van der Waals surface area (Å²) < 4.78 is 5.33. The molecule has 1 amide bonds. The molecule has 0 atom stereocenters. The summed E-state index contributed by atoms with van der Waals surface area (Å²) >= 11 is 0. The Morgan fingerprint density at radius 3 is 2.59 bits per heavy atom. The Bertz CT molecular complexity index is 973. The molecule has 5 heteroatoms. The van der Waals surface area contributed by atoms with Crippen molar-refractivity contribution in [2.24, 2.45) is 0 Å². The number of aryl methyl sites for hydroxylation is 2. The van der Waals surface area contributed by atoms with E-state index in [1.54, 1.807) is 6.92 Å². The van der Waals surface area contributed by atoms with E-state index in [0.29, 0.717) is 17.0 Å². The molecule has 3 aromatic rings. The standard InChI is InChI=1S/C24H27N3O2/c1-17-7-6-8-19(15-17)16-27-13-11-21(12-14-27)25-24(28)22-18(2)29-26-23(22)20-9-4-3-5-10-20/h3-10,15,21H,11-14,16H2,1-2H3,(H,25,28). The molecule has 1 saturated heterocycles. The Balaban J connectivity index is 1.37. The normalized spacial score (nSPS) is 15.4. The third-order valence-corrected chi connectivity index (χ3v) is 5.55. The topological polar surface area (TPSA) is 58.4 Å². The van der Waals surface area contributed by atoms with Crippen molar-refractivity contribution in [3.63, 3.8) is 0 Å². The second-order valence-electron chi connectivity index (χ2n) is 7.84. The van der Waals surface area contributed by atoms with Crippen molar-refractivity contribution in [3.8, 4) is 11.3 Å². The van der Waals surface area contributed by atoms with Gasteiger partial charge >= 0.3 is 0 Å². The van der Waals surface area contributed by atoms with E-state index < -0.39 is 0 Å². The molecule has 0 spiro atoms. The fourth-order valence-corrected chi connectivity index (χ4v) is 3.99. The fourth-order valence-electron chi connectivity index (χ4n) is 3.99. The maximum atomic E-state index is 13.0. The van der Waals surface area contributed by atoms with Gasteiger partial charge < -0.3 is 9.84 Å². The lowest BCUT2D eigenvalue weighted by Crippen LogP contribution is -2.44. The maximum Gasteiger partial charge on any atom is 0.257 e. The summed E-state index contributed by atoms with van der Waals surface area (Å²) in [6.07, 6.45) is 1.89. The van der Waals surface area contributed by atoms with E-state index in [-0.39, 0.29) is 11.9 Å². The third kappa shape index (κ3) is 4.57. The molecule has 5 nitrogen and oxygen atoms in total. The van der Waals surface area contributed by atoms with Crippen LogP contribution in [0.1, 0.15) is 40.1 Å². The van der Waals surface area contributed by atoms with Crippen LogP contribution in [-0.2, 0) is 6.54 Å². The van der Waals surface area contributed by atoms with Crippen molar-refractivity contribution in [3.05, 3.63) is 77.0 Å². The Morgan fingerprint density at radius 1 is 1.10 bits per heavy atom. The minimum Gasteiger partial charge on any atom is -0.360 e. The van der Waals surface area contributed by atoms with Crippen LogP contribution in [0.15, 0.2) is 59.1 Å². The first kappa shape index (κ1) is 19.4. The molecule has 1 N–H and O–H groups in total. The number of amides is 1. The van der Waals surface area contributed by atoms with Gasteiger partial charge in [-0.15, -0.1) is 0 Å². The molecule has 2 aromatic carbocycles. The first-order valence-corrected chi connectivity index (χ1v) is 10.2. The van der Waals surface area contributed by atoms with Gasteiger partial charge in [0.25, 0.3) is 5.91 Å². The quantitative estimate of drug-likeness (QED) is 0.705. The van der Waals surface area contributed by atoms with Crippen LogP contribution >= 0.6 is 0 Å². The van der Waals surface area contributed by atoms with Crippen LogP contribution in [0.3, 0.4) is 0 Å². The number of aromatic nitrogens is 1. The van der Waals surface area contributed by atoms with Gasteiger partial charge in [0.1, 0.15) is 17.0 Å². The second-order valence-corrected chi connectivity index (χ2v) is 7.84. The van der Waals surface area contributed by atoms with E-state index >= 15 is 0 Å². The van der Waals surface area contributed by atoms with Gasteiger partial charge in [-0.2, -0.15) is 0 Å². The number of carbonyl (C=O) groups is 1. The molecule has 1 aromatic heterocycles. The molecule has 0 saturated carbocycles. The predicted molar refractivity (Wildman–Crippen MR) is 114 cm³/mol. The lowest BCUT2D eigenvalue weighted by molar-refractivity contribution is 0.0908. The molecule has 1 fully saturated rings. The van der Waals surface area contributed by atoms with Gasteiger partial charge in [-0.3, -0.25) is 9.69 Å². The van der Waals surface area contributed by atoms with Gasteiger partial charge in [0.15, 0.2) is 0 Å². The Morgan fingerprint density at radius 2 is 1.86 bits per heavy atom. The number of nitrogens with zero attached hydrogens (tertiary/aromatic N) is 2. The number of nitrogens with one attached hydrogen (secondary N) is 1. The first-order chi connectivity index (χ1) is 14.1. The lowest BCUT2D eigenvalue weighted by Gasteiger charge is -2.32. The average molecular weight is 389 g/mol.